The molecule has 0 bridgehead atoms. The van der Waals surface area contributed by atoms with E-state index in [4.69, 9.17) is 34.3 Å². The van der Waals surface area contributed by atoms with Crippen LogP contribution in [0.15, 0.2) is 18.2 Å². The lowest BCUT2D eigenvalue weighted by atomic mass is 10.2. The van der Waals surface area contributed by atoms with Crippen molar-refractivity contribution < 1.29 is 4.74 Å². The molecule has 1 aliphatic rings. The summed E-state index contributed by atoms with van der Waals surface area (Å²) in [6.07, 6.45) is 0. The molecule has 6 heteroatoms. The highest BCUT2D eigenvalue weighted by Crippen LogP contribution is 2.21. The topological polar surface area (TPSA) is 50.5 Å². The van der Waals surface area contributed by atoms with Gasteiger partial charge in [-0.25, -0.2) is 5.01 Å². The van der Waals surface area contributed by atoms with E-state index in [1.165, 1.54) is 0 Å². The molecule has 0 spiro atoms. The highest BCUT2D eigenvalue weighted by Gasteiger charge is 2.13. The van der Waals surface area contributed by atoms with Crippen LogP contribution in [-0.4, -0.2) is 36.3 Å². The number of ether oxygens (including phenoxy) is 1. The fourth-order valence-corrected chi connectivity index (χ4v) is 2.00. The summed E-state index contributed by atoms with van der Waals surface area (Å²) in [7, 11) is 0. The lowest BCUT2D eigenvalue weighted by molar-refractivity contribution is 0.0497. The third kappa shape index (κ3) is 3.29. The number of hydrogen-bond donors (Lipinski definition) is 2. The predicted octanol–water partition coefficient (Wildman–Crippen LogP) is 1.63. The first-order valence-electron chi connectivity index (χ1n) is 5.35. The third-order valence-electron chi connectivity index (χ3n) is 2.54. The average Bonchev–Trinajstić information content (AvgIpc) is 2.32. The van der Waals surface area contributed by atoms with Crippen LogP contribution in [0.2, 0.25) is 5.02 Å². The number of thiocarbonyl (C=S) groups is 1. The second-order valence-corrected chi connectivity index (χ2v) is 4.64. The van der Waals surface area contributed by atoms with Crippen LogP contribution in [0.4, 0.5) is 5.69 Å². The summed E-state index contributed by atoms with van der Waals surface area (Å²) in [6.45, 7) is 3.12. The molecule has 0 aliphatic carbocycles. The molecular weight excluding hydrogens is 258 g/mol. The van der Waals surface area contributed by atoms with E-state index >= 15 is 0 Å². The summed E-state index contributed by atoms with van der Waals surface area (Å²) in [5.41, 5.74) is 10.6. The zero-order chi connectivity index (χ0) is 12.3. The molecule has 1 heterocycles. The van der Waals surface area contributed by atoms with Gasteiger partial charge in [-0.2, -0.15) is 0 Å². The van der Waals surface area contributed by atoms with Gasteiger partial charge in [0, 0.05) is 23.7 Å². The minimum absolute atomic E-state index is 0.336. The van der Waals surface area contributed by atoms with E-state index in [1.807, 2.05) is 12.1 Å². The predicted molar refractivity (Wildman–Crippen MR) is 73.4 cm³/mol. The molecule has 0 amide bonds. The third-order valence-corrected chi connectivity index (χ3v) is 2.99. The zero-order valence-electron chi connectivity index (χ0n) is 9.28. The molecule has 0 unspecified atom stereocenters. The summed E-state index contributed by atoms with van der Waals surface area (Å²) >= 11 is 10.9. The van der Waals surface area contributed by atoms with Crippen molar-refractivity contribution in [3.8, 4) is 0 Å². The van der Waals surface area contributed by atoms with E-state index < -0.39 is 0 Å². The summed E-state index contributed by atoms with van der Waals surface area (Å²) in [5, 5.41) is 2.70. The highest BCUT2D eigenvalue weighted by atomic mass is 35.5. The first-order chi connectivity index (χ1) is 8.16. The lowest BCUT2D eigenvalue weighted by Gasteiger charge is -2.28. The van der Waals surface area contributed by atoms with Gasteiger partial charge in [-0.05, 0) is 18.2 Å². The van der Waals surface area contributed by atoms with E-state index in [9.17, 15) is 0 Å². The summed E-state index contributed by atoms with van der Waals surface area (Å²) in [4.78, 5) is 0.336. The van der Waals surface area contributed by atoms with Gasteiger partial charge < -0.3 is 15.9 Å². The van der Waals surface area contributed by atoms with Crippen molar-refractivity contribution >= 4 is 34.5 Å². The summed E-state index contributed by atoms with van der Waals surface area (Å²) < 4.78 is 5.28. The molecule has 17 heavy (non-hydrogen) atoms. The molecule has 1 aromatic rings. The Bertz CT molecular complexity index is 421. The molecule has 1 fully saturated rings. The number of rotatable bonds is 3. The van der Waals surface area contributed by atoms with Crippen molar-refractivity contribution in [1.29, 1.82) is 0 Å². The Hall–Kier alpha value is -0.880. The molecule has 1 aromatic carbocycles. The fourth-order valence-electron chi connectivity index (χ4n) is 1.66. The Balaban J connectivity index is 2.16. The number of morpholine rings is 1. The van der Waals surface area contributed by atoms with E-state index in [0.717, 1.165) is 37.6 Å². The Morgan fingerprint density at radius 1 is 1.41 bits per heavy atom. The van der Waals surface area contributed by atoms with Crippen molar-refractivity contribution in [3.05, 3.63) is 28.8 Å². The molecule has 3 N–H and O–H groups in total. The second-order valence-electron chi connectivity index (χ2n) is 3.77. The molecule has 92 valence electrons. The van der Waals surface area contributed by atoms with Gasteiger partial charge in [0.05, 0.1) is 18.9 Å². The highest BCUT2D eigenvalue weighted by molar-refractivity contribution is 7.80. The Morgan fingerprint density at radius 2 is 2.12 bits per heavy atom. The number of hydrazine groups is 1. The largest absolute Gasteiger partial charge is 0.389 e. The average molecular weight is 272 g/mol. The maximum atomic E-state index is 5.93. The SMILES string of the molecule is NC(=S)c1cc(Cl)ccc1NN1CCOCC1. The van der Waals surface area contributed by atoms with E-state index in [2.05, 4.69) is 10.4 Å². The van der Waals surface area contributed by atoms with Gasteiger partial charge in [-0.1, -0.05) is 23.8 Å². The van der Waals surface area contributed by atoms with Gasteiger partial charge in [-0.3, -0.25) is 0 Å². The van der Waals surface area contributed by atoms with E-state index in [-0.39, 0.29) is 0 Å². The van der Waals surface area contributed by atoms with Gasteiger partial charge in [-0.15, -0.1) is 0 Å². The van der Waals surface area contributed by atoms with Gasteiger partial charge in [0.15, 0.2) is 0 Å². The van der Waals surface area contributed by atoms with Crippen LogP contribution in [-0.2, 0) is 4.74 Å². The molecule has 0 aromatic heterocycles. The lowest BCUT2D eigenvalue weighted by Crippen LogP contribution is -2.40. The molecule has 2 rings (SSSR count). The van der Waals surface area contributed by atoms with Crippen molar-refractivity contribution in [1.82, 2.24) is 5.01 Å². The van der Waals surface area contributed by atoms with Crippen LogP contribution >= 0.6 is 23.8 Å². The first kappa shape index (κ1) is 12.6. The quantitative estimate of drug-likeness (QED) is 0.819. The first-order valence-corrected chi connectivity index (χ1v) is 6.14. The maximum absolute atomic E-state index is 5.93. The second kappa shape index (κ2) is 5.64. The number of nitrogens with one attached hydrogen (secondary N) is 1. The van der Waals surface area contributed by atoms with Gasteiger partial charge in [0.1, 0.15) is 4.99 Å². The number of nitrogens with zero attached hydrogens (tertiary/aromatic N) is 1. The fraction of sp³-hybridized carbons (Fsp3) is 0.364. The number of hydrogen-bond acceptors (Lipinski definition) is 4. The summed E-state index contributed by atoms with van der Waals surface area (Å²) in [5.74, 6) is 0. The molecule has 0 atom stereocenters. The van der Waals surface area contributed by atoms with Crippen molar-refractivity contribution in [2.24, 2.45) is 5.73 Å². The maximum Gasteiger partial charge on any atom is 0.106 e. The molecule has 4 nitrogen and oxygen atoms in total. The van der Waals surface area contributed by atoms with Crippen LogP contribution < -0.4 is 11.2 Å². The van der Waals surface area contributed by atoms with E-state index in [0.29, 0.717) is 10.0 Å². The molecule has 0 radical (unpaired) electrons. The zero-order valence-corrected chi connectivity index (χ0v) is 10.9. The van der Waals surface area contributed by atoms with Gasteiger partial charge >= 0.3 is 0 Å². The minimum atomic E-state index is 0.336. The Kier molecular flexibility index (Phi) is 4.17. The van der Waals surface area contributed by atoms with E-state index in [1.54, 1.807) is 6.07 Å². The number of benzene rings is 1. The van der Waals surface area contributed by atoms with Crippen molar-refractivity contribution in [3.63, 3.8) is 0 Å². The number of halogens is 1. The van der Waals surface area contributed by atoms with Crippen molar-refractivity contribution in [2.75, 3.05) is 31.7 Å². The van der Waals surface area contributed by atoms with Crippen LogP contribution in [0.5, 0.6) is 0 Å². The number of nitrogens with two attached hydrogens (primary N) is 1. The van der Waals surface area contributed by atoms with Crippen LogP contribution in [0, 0.1) is 0 Å². The molecule has 1 aliphatic heterocycles. The van der Waals surface area contributed by atoms with Crippen LogP contribution in [0.25, 0.3) is 0 Å². The van der Waals surface area contributed by atoms with Gasteiger partial charge in [0.2, 0.25) is 0 Å². The summed E-state index contributed by atoms with van der Waals surface area (Å²) in [6, 6.07) is 5.46. The minimum Gasteiger partial charge on any atom is -0.389 e. The molecular formula is C11H14ClN3OS. The normalized spacial score (nSPS) is 16.8. The van der Waals surface area contributed by atoms with Crippen LogP contribution in [0.3, 0.4) is 0 Å². The van der Waals surface area contributed by atoms with Gasteiger partial charge in [0.25, 0.3) is 0 Å². The Morgan fingerprint density at radius 3 is 2.76 bits per heavy atom. The Labute approximate surface area is 111 Å². The molecule has 0 saturated carbocycles. The van der Waals surface area contributed by atoms with Crippen molar-refractivity contribution in [2.45, 2.75) is 0 Å². The smallest absolute Gasteiger partial charge is 0.106 e. The number of anilines is 1. The monoisotopic (exact) mass is 271 g/mol. The standard InChI is InChI=1S/C11H14ClN3OS/c12-8-1-2-10(9(7-8)11(13)17)14-15-3-5-16-6-4-15/h1-2,7,14H,3-6H2,(H2,13,17). The molecule has 1 saturated heterocycles. The van der Waals surface area contributed by atoms with Crippen LogP contribution in [0.1, 0.15) is 5.56 Å².